The molecule has 0 aliphatic heterocycles. The smallest absolute Gasteiger partial charge is 0.0706 e. The Morgan fingerprint density at radius 2 is 1.86 bits per heavy atom. The highest BCUT2D eigenvalue weighted by molar-refractivity contribution is 5.81. The number of benzene rings is 1. The molecule has 1 aromatic carbocycles. The fourth-order valence-corrected chi connectivity index (χ4v) is 2.77. The molecule has 21 heavy (non-hydrogen) atoms. The summed E-state index contributed by atoms with van der Waals surface area (Å²) in [4.78, 5) is 0. The highest BCUT2D eigenvalue weighted by atomic mass is 15.3. The Morgan fingerprint density at radius 1 is 1.14 bits per heavy atom. The van der Waals surface area contributed by atoms with E-state index in [1.165, 1.54) is 16.6 Å². The minimum absolute atomic E-state index is 0.538. The first-order chi connectivity index (χ1) is 10.0. The molecule has 2 aromatic rings. The molecule has 0 radical (unpaired) electrons. The molecule has 1 aromatic heterocycles. The summed E-state index contributed by atoms with van der Waals surface area (Å²) < 4.78 is 2.12. The highest BCUT2D eigenvalue weighted by Crippen LogP contribution is 2.23. The Kier molecular flexibility index (Phi) is 5.40. The van der Waals surface area contributed by atoms with E-state index in [-0.39, 0.29) is 0 Å². The van der Waals surface area contributed by atoms with Crippen LogP contribution in [0.2, 0.25) is 0 Å². The zero-order valence-electron chi connectivity index (χ0n) is 14.1. The van der Waals surface area contributed by atoms with Crippen molar-refractivity contribution in [2.24, 2.45) is 11.8 Å². The largest absolute Gasteiger partial charge is 0.314 e. The van der Waals surface area contributed by atoms with Gasteiger partial charge in [0, 0.05) is 18.0 Å². The van der Waals surface area contributed by atoms with Gasteiger partial charge in [0.05, 0.1) is 11.2 Å². The molecule has 0 fully saturated rings. The summed E-state index contributed by atoms with van der Waals surface area (Å²) in [5.41, 5.74) is 2.51. The van der Waals surface area contributed by atoms with Crippen LogP contribution in [0.5, 0.6) is 0 Å². The number of para-hydroxylation sites is 1. The normalized spacial score (nSPS) is 13.5. The van der Waals surface area contributed by atoms with Gasteiger partial charge >= 0.3 is 0 Å². The lowest BCUT2D eigenvalue weighted by molar-refractivity contribution is 0.346. The van der Waals surface area contributed by atoms with Gasteiger partial charge in [-0.15, -0.1) is 0 Å². The van der Waals surface area contributed by atoms with Crippen LogP contribution >= 0.6 is 0 Å². The quantitative estimate of drug-likeness (QED) is 0.838. The van der Waals surface area contributed by atoms with Gasteiger partial charge in [0.1, 0.15) is 0 Å². The molecule has 3 heteroatoms. The van der Waals surface area contributed by atoms with Crippen LogP contribution in [0.4, 0.5) is 0 Å². The molecule has 0 aliphatic carbocycles. The summed E-state index contributed by atoms with van der Waals surface area (Å²) in [6.45, 7) is 13.2. The van der Waals surface area contributed by atoms with Gasteiger partial charge in [0.15, 0.2) is 0 Å². The molecule has 0 bridgehead atoms. The van der Waals surface area contributed by atoms with E-state index in [9.17, 15) is 0 Å². The van der Waals surface area contributed by atoms with Gasteiger partial charge in [-0.2, -0.15) is 5.10 Å². The summed E-state index contributed by atoms with van der Waals surface area (Å²) in [7, 11) is 0. The maximum atomic E-state index is 4.85. The van der Waals surface area contributed by atoms with E-state index in [2.05, 4.69) is 68.9 Å². The van der Waals surface area contributed by atoms with Crippen molar-refractivity contribution in [3.8, 4) is 0 Å². The minimum Gasteiger partial charge on any atom is -0.314 e. The minimum atomic E-state index is 0.538. The molecular weight excluding hydrogens is 258 g/mol. The molecule has 1 unspecified atom stereocenters. The van der Waals surface area contributed by atoms with E-state index in [1.807, 2.05) is 0 Å². The topological polar surface area (TPSA) is 29.9 Å². The van der Waals surface area contributed by atoms with Gasteiger partial charge in [-0.25, -0.2) is 0 Å². The average molecular weight is 287 g/mol. The summed E-state index contributed by atoms with van der Waals surface area (Å²) in [5, 5.41) is 9.74. The van der Waals surface area contributed by atoms with Crippen LogP contribution in [0.1, 0.15) is 40.3 Å². The van der Waals surface area contributed by atoms with Gasteiger partial charge in [-0.1, -0.05) is 45.9 Å². The molecule has 0 amide bonds. The van der Waals surface area contributed by atoms with E-state index < -0.39 is 0 Å². The van der Waals surface area contributed by atoms with Crippen molar-refractivity contribution in [2.45, 2.75) is 53.6 Å². The van der Waals surface area contributed by atoms with Crippen LogP contribution in [0.25, 0.3) is 10.9 Å². The predicted molar refractivity (Wildman–Crippen MR) is 90.6 cm³/mol. The van der Waals surface area contributed by atoms with Crippen LogP contribution in [-0.2, 0) is 13.0 Å². The van der Waals surface area contributed by atoms with Crippen molar-refractivity contribution in [3.63, 3.8) is 0 Å². The zero-order valence-corrected chi connectivity index (χ0v) is 14.1. The van der Waals surface area contributed by atoms with Crippen LogP contribution in [0.15, 0.2) is 24.3 Å². The highest BCUT2D eigenvalue weighted by Gasteiger charge is 2.18. The SMILES string of the molecule is CCn1nc(CC(CNC(C)C)C(C)C)c2ccccc21. The number of aromatic nitrogens is 2. The standard InChI is InChI=1S/C18H29N3/c1-6-21-18-10-8-7-9-16(18)17(20-21)11-15(13(2)3)12-19-14(4)5/h7-10,13-15,19H,6,11-12H2,1-5H3. The summed E-state index contributed by atoms with van der Waals surface area (Å²) in [6.07, 6.45) is 1.05. The third-order valence-electron chi connectivity index (χ3n) is 4.22. The Hall–Kier alpha value is -1.35. The van der Waals surface area contributed by atoms with E-state index in [0.717, 1.165) is 19.5 Å². The maximum Gasteiger partial charge on any atom is 0.0706 e. The Bertz CT molecular complexity index is 569. The van der Waals surface area contributed by atoms with Gasteiger partial charge in [0.2, 0.25) is 0 Å². The Morgan fingerprint density at radius 3 is 2.48 bits per heavy atom. The monoisotopic (exact) mass is 287 g/mol. The summed E-state index contributed by atoms with van der Waals surface area (Å²) in [5.74, 6) is 1.28. The summed E-state index contributed by atoms with van der Waals surface area (Å²) in [6, 6.07) is 9.13. The van der Waals surface area contributed by atoms with E-state index in [1.54, 1.807) is 0 Å². The number of hydrogen-bond acceptors (Lipinski definition) is 2. The van der Waals surface area contributed by atoms with E-state index in [0.29, 0.717) is 17.9 Å². The number of nitrogens with zero attached hydrogens (tertiary/aromatic N) is 2. The first-order valence-corrected chi connectivity index (χ1v) is 8.20. The Balaban J connectivity index is 2.24. The lowest BCUT2D eigenvalue weighted by Gasteiger charge is -2.22. The lowest BCUT2D eigenvalue weighted by Crippen LogP contribution is -2.32. The number of rotatable bonds is 7. The predicted octanol–water partition coefficient (Wildman–Crippen LogP) is 3.87. The molecule has 1 heterocycles. The van der Waals surface area contributed by atoms with Crippen LogP contribution in [-0.4, -0.2) is 22.4 Å². The molecule has 2 rings (SSSR count). The van der Waals surface area contributed by atoms with Gasteiger partial charge in [-0.3, -0.25) is 4.68 Å². The second kappa shape index (κ2) is 7.08. The van der Waals surface area contributed by atoms with Crippen LogP contribution in [0.3, 0.4) is 0 Å². The van der Waals surface area contributed by atoms with Crippen LogP contribution < -0.4 is 5.32 Å². The van der Waals surface area contributed by atoms with Gasteiger partial charge in [0.25, 0.3) is 0 Å². The van der Waals surface area contributed by atoms with Crippen molar-refractivity contribution >= 4 is 10.9 Å². The lowest BCUT2D eigenvalue weighted by atomic mass is 9.90. The second-order valence-corrected chi connectivity index (χ2v) is 6.55. The van der Waals surface area contributed by atoms with Crippen molar-refractivity contribution in [1.29, 1.82) is 0 Å². The molecule has 1 N–H and O–H groups in total. The molecule has 0 saturated carbocycles. The maximum absolute atomic E-state index is 4.85. The van der Waals surface area contributed by atoms with Crippen molar-refractivity contribution in [3.05, 3.63) is 30.0 Å². The molecule has 0 spiro atoms. The average Bonchev–Trinajstić information content (AvgIpc) is 2.81. The molecule has 0 aliphatic rings. The van der Waals surface area contributed by atoms with Gasteiger partial charge in [-0.05, 0) is 37.8 Å². The third kappa shape index (κ3) is 3.85. The van der Waals surface area contributed by atoms with Gasteiger partial charge < -0.3 is 5.32 Å². The number of aryl methyl sites for hydroxylation is 1. The van der Waals surface area contributed by atoms with Crippen molar-refractivity contribution in [2.75, 3.05) is 6.54 Å². The van der Waals surface area contributed by atoms with E-state index >= 15 is 0 Å². The van der Waals surface area contributed by atoms with Crippen LogP contribution in [0, 0.1) is 11.8 Å². The molecule has 0 saturated heterocycles. The molecule has 1 atom stereocenters. The zero-order chi connectivity index (χ0) is 15.4. The third-order valence-corrected chi connectivity index (χ3v) is 4.22. The fourth-order valence-electron chi connectivity index (χ4n) is 2.77. The molecule has 116 valence electrons. The summed E-state index contributed by atoms with van der Waals surface area (Å²) >= 11 is 0. The number of hydrogen-bond donors (Lipinski definition) is 1. The van der Waals surface area contributed by atoms with Crippen molar-refractivity contribution in [1.82, 2.24) is 15.1 Å². The number of fused-ring (bicyclic) bond motifs is 1. The van der Waals surface area contributed by atoms with E-state index in [4.69, 9.17) is 5.10 Å². The molecule has 3 nitrogen and oxygen atoms in total. The number of nitrogens with one attached hydrogen (secondary N) is 1. The molecular formula is C18H29N3. The second-order valence-electron chi connectivity index (χ2n) is 6.55. The first kappa shape index (κ1) is 16.0. The van der Waals surface area contributed by atoms with Crippen molar-refractivity contribution < 1.29 is 0 Å². The fraction of sp³-hybridized carbons (Fsp3) is 0.611. The Labute approximate surface area is 128 Å². The first-order valence-electron chi connectivity index (χ1n) is 8.20.